The van der Waals surface area contributed by atoms with Crippen LogP contribution in [0.5, 0.6) is 0 Å². The molecule has 1 saturated heterocycles. The van der Waals surface area contributed by atoms with E-state index in [0.717, 1.165) is 6.26 Å². The number of hydrogen-bond donors (Lipinski definition) is 0. The molecule has 1 aliphatic rings. The van der Waals surface area contributed by atoms with E-state index in [0.29, 0.717) is 29.5 Å². The van der Waals surface area contributed by atoms with E-state index in [4.69, 9.17) is 4.42 Å². The molecule has 9 nitrogen and oxygen atoms in total. The lowest BCUT2D eigenvalue weighted by molar-refractivity contribution is 0.116. The number of alkyl halides is 2. The van der Waals surface area contributed by atoms with Gasteiger partial charge in [0.1, 0.15) is 11.3 Å². The van der Waals surface area contributed by atoms with Crippen LogP contribution in [-0.2, 0) is 16.6 Å². The van der Waals surface area contributed by atoms with Gasteiger partial charge in [0.25, 0.3) is 5.89 Å². The Morgan fingerprint density at radius 1 is 1.08 bits per heavy atom. The van der Waals surface area contributed by atoms with Crippen molar-refractivity contribution in [2.45, 2.75) is 31.9 Å². The van der Waals surface area contributed by atoms with E-state index in [-0.39, 0.29) is 37.1 Å². The van der Waals surface area contributed by atoms with E-state index < -0.39 is 33.8 Å². The van der Waals surface area contributed by atoms with Gasteiger partial charge in [0.05, 0.1) is 18.3 Å². The predicted molar refractivity (Wildman–Crippen MR) is 125 cm³/mol. The summed E-state index contributed by atoms with van der Waals surface area (Å²) in [6.07, 6.45) is -0.852. The summed E-state index contributed by atoms with van der Waals surface area (Å²) in [6, 6.07) is 10.8. The number of benzene rings is 2. The third-order valence-corrected chi connectivity index (χ3v) is 7.66. The zero-order chi connectivity index (χ0) is 25.6. The van der Waals surface area contributed by atoms with Crippen molar-refractivity contribution >= 4 is 21.1 Å². The lowest BCUT2D eigenvalue weighted by atomic mass is 10.1. The van der Waals surface area contributed by atoms with Crippen molar-refractivity contribution < 1.29 is 26.0 Å². The summed E-state index contributed by atoms with van der Waals surface area (Å²) in [4.78, 5) is 13.5. The first kappa shape index (κ1) is 24.3. The van der Waals surface area contributed by atoms with Crippen LogP contribution in [0.3, 0.4) is 0 Å². The average molecular weight is 522 g/mol. The standard InChI is InChI=1S/C23H22F3N5O4S/c1-36(33,34)29-11-9-16(10-12-29)31-18-4-2-3-17(24)19(18)30(23(31)32)13-14-5-7-15(8-6-14)21-27-28-22(35-21)20(25)26/h2-8,16,20H,9-13H2,1H3. The van der Waals surface area contributed by atoms with Gasteiger partial charge < -0.3 is 4.42 Å². The molecule has 0 aliphatic carbocycles. The number of aromatic nitrogens is 4. The SMILES string of the molecule is CS(=O)(=O)N1CCC(n2c(=O)n(Cc3ccc(-c4nnc(C(F)F)o4)cc3)c3c(F)cccc32)CC1. The summed E-state index contributed by atoms with van der Waals surface area (Å²) >= 11 is 0. The minimum absolute atomic E-state index is 0.0582. The fraction of sp³-hybridized carbons (Fsp3) is 0.348. The van der Waals surface area contributed by atoms with E-state index in [2.05, 4.69) is 10.2 Å². The summed E-state index contributed by atoms with van der Waals surface area (Å²) in [7, 11) is -3.32. The fourth-order valence-corrected chi connectivity index (χ4v) is 5.47. The van der Waals surface area contributed by atoms with Crippen molar-refractivity contribution in [3.05, 3.63) is 70.2 Å². The number of rotatable bonds is 6. The molecule has 1 fully saturated rings. The first-order chi connectivity index (χ1) is 17.1. The molecule has 0 saturated carbocycles. The molecule has 4 aromatic rings. The van der Waals surface area contributed by atoms with Crippen LogP contribution < -0.4 is 5.69 Å². The number of hydrogen-bond acceptors (Lipinski definition) is 6. The van der Waals surface area contributed by atoms with Crippen LogP contribution in [0.4, 0.5) is 13.2 Å². The highest BCUT2D eigenvalue weighted by atomic mass is 32.2. The van der Waals surface area contributed by atoms with Gasteiger partial charge in [0.15, 0.2) is 0 Å². The lowest BCUT2D eigenvalue weighted by Gasteiger charge is -2.30. The molecule has 0 bridgehead atoms. The highest BCUT2D eigenvalue weighted by Crippen LogP contribution is 2.29. The Balaban J connectivity index is 1.46. The van der Waals surface area contributed by atoms with Crippen molar-refractivity contribution in [3.8, 4) is 11.5 Å². The van der Waals surface area contributed by atoms with Gasteiger partial charge in [-0.15, -0.1) is 10.2 Å². The molecule has 0 unspecified atom stereocenters. The van der Waals surface area contributed by atoms with Crippen molar-refractivity contribution in [1.82, 2.24) is 23.6 Å². The smallest absolute Gasteiger partial charge is 0.329 e. The van der Waals surface area contributed by atoms with E-state index in [1.165, 1.54) is 21.0 Å². The topological polar surface area (TPSA) is 103 Å². The quantitative estimate of drug-likeness (QED) is 0.384. The highest BCUT2D eigenvalue weighted by molar-refractivity contribution is 7.88. The Kier molecular flexibility index (Phi) is 6.20. The minimum Gasteiger partial charge on any atom is -0.415 e. The van der Waals surface area contributed by atoms with Gasteiger partial charge in [-0.1, -0.05) is 18.2 Å². The van der Waals surface area contributed by atoms with Gasteiger partial charge in [-0.25, -0.2) is 21.9 Å². The van der Waals surface area contributed by atoms with E-state index in [1.807, 2.05) is 0 Å². The third kappa shape index (κ3) is 4.44. The van der Waals surface area contributed by atoms with E-state index in [9.17, 15) is 26.4 Å². The van der Waals surface area contributed by atoms with Gasteiger partial charge >= 0.3 is 12.1 Å². The van der Waals surface area contributed by atoms with Gasteiger partial charge in [0.2, 0.25) is 15.9 Å². The van der Waals surface area contributed by atoms with Gasteiger partial charge in [0, 0.05) is 24.7 Å². The maximum absolute atomic E-state index is 14.9. The second-order valence-corrected chi connectivity index (χ2v) is 10.7. The minimum atomic E-state index is -3.32. The molecule has 2 aromatic heterocycles. The number of sulfonamides is 1. The highest BCUT2D eigenvalue weighted by Gasteiger charge is 2.29. The number of nitrogens with zero attached hydrogens (tertiary/aromatic N) is 5. The van der Waals surface area contributed by atoms with Crippen LogP contribution in [0.1, 0.15) is 36.8 Å². The first-order valence-corrected chi connectivity index (χ1v) is 13.0. The van der Waals surface area contributed by atoms with Crippen molar-refractivity contribution in [3.63, 3.8) is 0 Å². The number of para-hydroxylation sites is 1. The number of halogens is 3. The Bertz CT molecular complexity index is 1570. The molecule has 0 atom stereocenters. The molecule has 5 rings (SSSR count). The van der Waals surface area contributed by atoms with Crippen LogP contribution in [0.25, 0.3) is 22.5 Å². The maximum Gasteiger partial charge on any atom is 0.329 e. The van der Waals surface area contributed by atoms with Gasteiger partial charge in [-0.3, -0.25) is 9.13 Å². The zero-order valence-corrected chi connectivity index (χ0v) is 20.0. The Hall–Kier alpha value is -3.45. The van der Waals surface area contributed by atoms with E-state index >= 15 is 0 Å². The molecule has 36 heavy (non-hydrogen) atoms. The van der Waals surface area contributed by atoms with Crippen LogP contribution >= 0.6 is 0 Å². The fourth-order valence-electron chi connectivity index (χ4n) is 4.60. The first-order valence-electron chi connectivity index (χ1n) is 11.2. The van der Waals surface area contributed by atoms with Crippen LogP contribution in [-0.4, -0.2) is 51.4 Å². The Labute approximate surface area is 203 Å². The molecule has 2 aromatic carbocycles. The van der Waals surface area contributed by atoms with Crippen molar-refractivity contribution in [1.29, 1.82) is 0 Å². The molecule has 0 spiro atoms. The Morgan fingerprint density at radius 2 is 1.78 bits per heavy atom. The number of imidazole rings is 1. The summed E-state index contributed by atoms with van der Waals surface area (Å²) in [5.41, 5.74) is 1.31. The van der Waals surface area contributed by atoms with E-state index in [1.54, 1.807) is 34.9 Å². The molecular weight excluding hydrogens is 499 g/mol. The molecule has 0 amide bonds. The summed E-state index contributed by atoms with van der Waals surface area (Å²) in [6.45, 7) is 0.628. The number of piperidine rings is 1. The second-order valence-electron chi connectivity index (χ2n) is 8.68. The van der Waals surface area contributed by atoms with Crippen molar-refractivity contribution in [2.24, 2.45) is 0 Å². The van der Waals surface area contributed by atoms with Crippen molar-refractivity contribution in [2.75, 3.05) is 19.3 Å². The lowest BCUT2D eigenvalue weighted by Crippen LogP contribution is -2.40. The largest absolute Gasteiger partial charge is 0.415 e. The second kappa shape index (κ2) is 9.21. The third-order valence-electron chi connectivity index (χ3n) is 6.36. The zero-order valence-electron chi connectivity index (χ0n) is 19.1. The maximum atomic E-state index is 14.9. The number of fused-ring (bicyclic) bond motifs is 1. The monoisotopic (exact) mass is 521 g/mol. The van der Waals surface area contributed by atoms with Crippen LogP contribution in [0.15, 0.2) is 51.7 Å². The van der Waals surface area contributed by atoms with Crippen LogP contribution in [0.2, 0.25) is 0 Å². The van der Waals surface area contributed by atoms with Crippen LogP contribution in [0, 0.1) is 5.82 Å². The normalized spacial score (nSPS) is 15.8. The molecule has 1 aliphatic heterocycles. The van der Waals surface area contributed by atoms with Gasteiger partial charge in [-0.05, 0) is 42.7 Å². The molecule has 3 heterocycles. The summed E-state index contributed by atoms with van der Waals surface area (Å²) in [5, 5.41) is 6.93. The molecular formula is C23H22F3N5O4S. The average Bonchev–Trinajstić information content (AvgIpc) is 3.44. The summed E-state index contributed by atoms with van der Waals surface area (Å²) < 4.78 is 73.3. The predicted octanol–water partition coefficient (Wildman–Crippen LogP) is 3.57. The molecule has 190 valence electrons. The Morgan fingerprint density at radius 3 is 2.39 bits per heavy atom. The summed E-state index contributed by atoms with van der Waals surface area (Å²) in [5.74, 6) is -1.37. The molecule has 0 N–H and O–H groups in total. The van der Waals surface area contributed by atoms with Gasteiger partial charge in [-0.2, -0.15) is 8.78 Å². The molecule has 0 radical (unpaired) electrons. The molecule has 13 heteroatoms.